The van der Waals surface area contributed by atoms with Gasteiger partial charge in [0.15, 0.2) is 0 Å². The van der Waals surface area contributed by atoms with E-state index in [0.29, 0.717) is 17.4 Å². The molecular formula is C10H21NO. The third-order valence-electron chi connectivity index (χ3n) is 2.63. The predicted molar refractivity (Wildman–Crippen MR) is 50.7 cm³/mol. The van der Waals surface area contributed by atoms with E-state index in [1.807, 2.05) is 0 Å². The number of rotatable bonds is 1. The quantitative estimate of drug-likeness (QED) is 0.654. The molecule has 0 radical (unpaired) electrons. The van der Waals surface area contributed by atoms with E-state index in [2.05, 4.69) is 33.2 Å². The molecule has 1 atom stereocenters. The Balaban J connectivity index is 2.45. The third-order valence-corrected chi connectivity index (χ3v) is 2.63. The standard InChI is InChI=1S/C10H21NO/c1-8(2)9-5-6-10(3,4)7-11-12-9/h8-9,11H,5-7H2,1-4H3. The molecule has 1 heterocycles. The lowest BCUT2D eigenvalue weighted by molar-refractivity contribution is -0.0430. The van der Waals surface area contributed by atoms with Crippen molar-refractivity contribution in [2.45, 2.75) is 46.6 Å². The Morgan fingerprint density at radius 1 is 1.42 bits per heavy atom. The summed E-state index contributed by atoms with van der Waals surface area (Å²) < 4.78 is 0. The zero-order valence-electron chi connectivity index (χ0n) is 8.68. The van der Waals surface area contributed by atoms with Gasteiger partial charge in [0.25, 0.3) is 0 Å². The summed E-state index contributed by atoms with van der Waals surface area (Å²) in [6, 6.07) is 0. The molecule has 1 rings (SSSR count). The fourth-order valence-electron chi connectivity index (χ4n) is 1.49. The molecule has 0 aromatic carbocycles. The molecule has 1 aliphatic heterocycles. The molecule has 0 aromatic heterocycles. The predicted octanol–water partition coefficient (Wildman–Crippen LogP) is 2.35. The lowest BCUT2D eigenvalue weighted by Gasteiger charge is -2.20. The third kappa shape index (κ3) is 2.76. The maximum atomic E-state index is 5.55. The van der Waals surface area contributed by atoms with Gasteiger partial charge in [-0.25, -0.2) is 5.48 Å². The van der Waals surface area contributed by atoms with Crippen molar-refractivity contribution in [3.05, 3.63) is 0 Å². The van der Waals surface area contributed by atoms with Crippen LogP contribution >= 0.6 is 0 Å². The number of hydroxylamine groups is 1. The van der Waals surface area contributed by atoms with E-state index in [1.165, 1.54) is 12.8 Å². The van der Waals surface area contributed by atoms with Crippen molar-refractivity contribution in [3.8, 4) is 0 Å². The Bertz CT molecular complexity index is 143. The highest BCUT2D eigenvalue weighted by Gasteiger charge is 2.26. The Kier molecular flexibility index (Phi) is 3.13. The van der Waals surface area contributed by atoms with Gasteiger partial charge in [-0.05, 0) is 24.2 Å². The first-order chi connectivity index (χ1) is 5.51. The van der Waals surface area contributed by atoms with Crippen molar-refractivity contribution in [2.24, 2.45) is 11.3 Å². The lowest BCUT2D eigenvalue weighted by atomic mass is 9.86. The average molecular weight is 171 g/mol. The smallest absolute Gasteiger partial charge is 0.0813 e. The van der Waals surface area contributed by atoms with E-state index < -0.39 is 0 Å². The Morgan fingerprint density at radius 2 is 2.08 bits per heavy atom. The second-order valence-electron chi connectivity index (χ2n) is 4.92. The summed E-state index contributed by atoms with van der Waals surface area (Å²) >= 11 is 0. The minimum absolute atomic E-state index is 0.393. The average Bonchev–Trinajstić information content (AvgIpc) is 2.10. The Morgan fingerprint density at radius 3 is 2.67 bits per heavy atom. The summed E-state index contributed by atoms with van der Waals surface area (Å²) in [5, 5.41) is 0. The van der Waals surface area contributed by atoms with E-state index >= 15 is 0 Å². The molecule has 1 unspecified atom stereocenters. The largest absolute Gasteiger partial charge is 0.298 e. The Labute approximate surface area is 75.6 Å². The first-order valence-corrected chi connectivity index (χ1v) is 4.90. The minimum atomic E-state index is 0.393. The number of hydrogen-bond donors (Lipinski definition) is 1. The van der Waals surface area contributed by atoms with Crippen LogP contribution in [0.1, 0.15) is 40.5 Å². The second-order valence-corrected chi connectivity index (χ2v) is 4.92. The van der Waals surface area contributed by atoms with Crippen molar-refractivity contribution in [1.29, 1.82) is 0 Å². The molecule has 0 amide bonds. The van der Waals surface area contributed by atoms with Crippen LogP contribution in [0.4, 0.5) is 0 Å². The van der Waals surface area contributed by atoms with Crippen molar-refractivity contribution >= 4 is 0 Å². The van der Waals surface area contributed by atoms with Gasteiger partial charge >= 0.3 is 0 Å². The van der Waals surface area contributed by atoms with Crippen molar-refractivity contribution in [1.82, 2.24) is 5.48 Å². The van der Waals surface area contributed by atoms with E-state index in [9.17, 15) is 0 Å². The van der Waals surface area contributed by atoms with Gasteiger partial charge in [-0.1, -0.05) is 27.7 Å². The van der Waals surface area contributed by atoms with Crippen LogP contribution in [-0.2, 0) is 4.84 Å². The summed E-state index contributed by atoms with van der Waals surface area (Å²) in [5.41, 5.74) is 3.46. The van der Waals surface area contributed by atoms with Crippen molar-refractivity contribution in [3.63, 3.8) is 0 Å². The molecule has 1 saturated heterocycles. The first-order valence-electron chi connectivity index (χ1n) is 4.90. The van der Waals surface area contributed by atoms with Crippen LogP contribution < -0.4 is 5.48 Å². The first kappa shape index (κ1) is 10.0. The minimum Gasteiger partial charge on any atom is -0.298 e. The normalized spacial score (nSPS) is 30.2. The molecule has 1 fully saturated rings. The summed E-state index contributed by atoms with van der Waals surface area (Å²) in [4.78, 5) is 5.55. The maximum Gasteiger partial charge on any atom is 0.0813 e. The van der Waals surface area contributed by atoms with Gasteiger partial charge in [-0.2, -0.15) is 0 Å². The van der Waals surface area contributed by atoms with Gasteiger partial charge in [0.2, 0.25) is 0 Å². The maximum absolute atomic E-state index is 5.55. The molecule has 2 heteroatoms. The van der Waals surface area contributed by atoms with Crippen molar-refractivity contribution in [2.75, 3.05) is 6.54 Å². The molecule has 0 saturated carbocycles. The molecular weight excluding hydrogens is 150 g/mol. The zero-order valence-corrected chi connectivity index (χ0v) is 8.68. The molecule has 1 aliphatic rings. The molecule has 2 nitrogen and oxygen atoms in total. The van der Waals surface area contributed by atoms with E-state index in [0.717, 1.165) is 6.54 Å². The Hall–Kier alpha value is -0.0800. The van der Waals surface area contributed by atoms with Gasteiger partial charge in [-0.15, -0.1) is 0 Å². The highest BCUT2D eigenvalue weighted by Crippen LogP contribution is 2.27. The molecule has 1 N–H and O–H groups in total. The molecule has 72 valence electrons. The summed E-state index contributed by atoms with van der Waals surface area (Å²) in [6.45, 7) is 9.96. The number of hydrogen-bond acceptors (Lipinski definition) is 2. The van der Waals surface area contributed by atoms with Gasteiger partial charge < -0.3 is 0 Å². The highest BCUT2D eigenvalue weighted by atomic mass is 16.7. The fourth-order valence-corrected chi connectivity index (χ4v) is 1.49. The molecule has 0 spiro atoms. The molecule has 0 aliphatic carbocycles. The highest BCUT2D eigenvalue weighted by molar-refractivity contribution is 4.76. The fraction of sp³-hybridized carbons (Fsp3) is 1.00. The summed E-state index contributed by atoms with van der Waals surface area (Å²) in [6.07, 6.45) is 2.83. The van der Waals surface area contributed by atoms with Gasteiger partial charge in [0.1, 0.15) is 0 Å². The van der Waals surface area contributed by atoms with Crippen LogP contribution in [0.3, 0.4) is 0 Å². The zero-order chi connectivity index (χ0) is 9.19. The van der Waals surface area contributed by atoms with E-state index in [4.69, 9.17) is 4.84 Å². The molecule has 12 heavy (non-hydrogen) atoms. The van der Waals surface area contributed by atoms with Crippen LogP contribution in [-0.4, -0.2) is 12.6 Å². The van der Waals surface area contributed by atoms with Crippen LogP contribution in [0.15, 0.2) is 0 Å². The van der Waals surface area contributed by atoms with Crippen LogP contribution in [0, 0.1) is 11.3 Å². The SMILES string of the molecule is CC(C)C1CCC(C)(C)CNO1. The van der Waals surface area contributed by atoms with Crippen LogP contribution in [0.25, 0.3) is 0 Å². The lowest BCUT2D eigenvalue weighted by Crippen LogP contribution is -2.28. The molecule has 0 aromatic rings. The van der Waals surface area contributed by atoms with Crippen LogP contribution in [0.2, 0.25) is 0 Å². The van der Waals surface area contributed by atoms with Crippen LogP contribution in [0.5, 0.6) is 0 Å². The number of nitrogens with one attached hydrogen (secondary N) is 1. The van der Waals surface area contributed by atoms with Gasteiger partial charge in [-0.3, -0.25) is 4.84 Å². The second kappa shape index (κ2) is 3.75. The van der Waals surface area contributed by atoms with E-state index in [-0.39, 0.29) is 0 Å². The topological polar surface area (TPSA) is 21.3 Å². The van der Waals surface area contributed by atoms with Crippen molar-refractivity contribution < 1.29 is 4.84 Å². The summed E-state index contributed by atoms with van der Waals surface area (Å²) in [7, 11) is 0. The van der Waals surface area contributed by atoms with Gasteiger partial charge in [0.05, 0.1) is 6.10 Å². The molecule has 0 bridgehead atoms. The monoisotopic (exact) mass is 171 g/mol. The van der Waals surface area contributed by atoms with E-state index in [1.54, 1.807) is 0 Å². The van der Waals surface area contributed by atoms with Gasteiger partial charge in [0, 0.05) is 6.54 Å². The summed E-state index contributed by atoms with van der Waals surface area (Å²) in [5.74, 6) is 0.617.